The summed E-state index contributed by atoms with van der Waals surface area (Å²) in [6.07, 6.45) is -0.0818. The Kier molecular flexibility index (Phi) is 7.60. The normalized spacial score (nSPS) is 12.8. The largest absolute Gasteiger partial charge is 0.497 e. The van der Waals surface area contributed by atoms with Crippen molar-refractivity contribution in [2.24, 2.45) is 0 Å². The predicted molar refractivity (Wildman–Crippen MR) is 102 cm³/mol. The van der Waals surface area contributed by atoms with Crippen LogP contribution in [0.25, 0.3) is 0 Å². The Morgan fingerprint density at radius 3 is 2.38 bits per heavy atom. The van der Waals surface area contributed by atoms with Crippen LogP contribution < -0.4 is 19.5 Å². The van der Waals surface area contributed by atoms with Gasteiger partial charge < -0.3 is 19.5 Å². The Labute approximate surface area is 159 Å². The van der Waals surface area contributed by atoms with Gasteiger partial charge in [0.05, 0.1) is 18.2 Å². The lowest BCUT2D eigenvalue weighted by Crippen LogP contribution is -2.44. The molecule has 0 heterocycles. The Morgan fingerprint density at radius 2 is 1.77 bits per heavy atom. The van der Waals surface area contributed by atoms with Crippen LogP contribution in [-0.4, -0.2) is 31.8 Å². The minimum atomic E-state index is -0.613. The van der Waals surface area contributed by atoms with E-state index in [1.165, 1.54) is 0 Å². The lowest BCUT2D eigenvalue weighted by atomic mass is 10.2. The van der Waals surface area contributed by atoms with Gasteiger partial charge >= 0.3 is 0 Å². The number of para-hydroxylation sites is 1. The molecule has 0 spiro atoms. The van der Waals surface area contributed by atoms with Crippen LogP contribution in [-0.2, 0) is 4.79 Å². The summed E-state index contributed by atoms with van der Waals surface area (Å²) in [5.41, 5.74) is 0. The number of methoxy groups -OCH3 is 1. The summed E-state index contributed by atoms with van der Waals surface area (Å²) in [6.45, 7) is 4.11. The lowest BCUT2D eigenvalue weighted by molar-refractivity contribution is -0.128. The van der Waals surface area contributed by atoms with E-state index in [2.05, 4.69) is 5.32 Å². The third-order valence-corrected chi connectivity index (χ3v) is 4.03. The van der Waals surface area contributed by atoms with Crippen molar-refractivity contribution < 1.29 is 19.0 Å². The molecule has 26 heavy (non-hydrogen) atoms. The van der Waals surface area contributed by atoms with E-state index in [1.807, 2.05) is 50.2 Å². The van der Waals surface area contributed by atoms with Gasteiger partial charge in [0.2, 0.25) is 0 Å². The molecule has 2 aromatic carbocycles. The fraction of sp³-hybridized carbons (Fsp3) is 0.350. The first-order chi connectivity index (χ1) is 12.5. The average molecular weight is 378 g/mol. The van der Waals surface area contributed by atoms with Crippen molar-refractivity contribution in [1.82, 2.24) is 5.32 Å². The average Bonchev–Trinajstić information content (AvgIpc) is 2.66. The second-order valence-corrected chi connectivity index (χ2v) is 6.25. The van der Waals surface area contributed by atoms with Gasteiger partial charge in [0.15, 0.2) is 6.10 Å². The number of halogens is 1. The number of carbonyl (C=O) groups is 1. The zero-order chi connectivity index (χ0) is 18.9. The Balaban J connectivity index is 1.84. The number of amides is 1. The standard InChI is InChI=1S/C20H24ClNO4/c1-4-18(26-19-8-6-5-7-17(19)21)20(23)22-14(2)13-25-16-11-9-15(24-3)10-12-16/h5-12,14,18H,4,13H2,1-3H3,(H,22,23)/t14-,18+/m1/s1. The highest BCUT2D eigenvalue weighted by atomic mass is 35.5. The van der Waals surface area contributed by atoms with E-state index in [9.17, 15) is 4.79 Å². The van der Waals surface area contributed by atoms with Crippen molar-refractivity contribution in [2.45, 2.75) is 32.4 Å². The summed E-state index contributed by atoms with van der Waals surface area (Å²) < 4.78 is 16.5. The van der Waals surface area contributed by atoms with Gasteiger partial charge in [0.25, 0.3) is 5.91 Å². The number of hydrogen-bond acceptors (Lipinski definition) is 4. The second-order valence-electron chi connectivity index (χ2n) is 5.84. The van der Waals surface area contributed by atoms with Gasteiger partial charge in [-0.05, 0) is 49.7 Å². The highest BCUT2D eigenvalue weighted by Gasteiger charge is 2.21. The lowest BCUT2D eigenvalue weighted by Gasteiger charge is -2.21. The first-order valence-corrected chi connectivity index (χ1v) is 8.89. The molecule has 0 aliphatic heterocycles. The molecule has 140 valence electrons. The minimum absolute atomic E-state index is 0.173. The van der Waals surface area contributed by atoms with Gasteiger partial charge in [-0.25, -0.2) is 0 Å². The summed E-state index contributed by atoms with van der Waals surface area (Å²) in [5, 5.41) is 3.39. The van der Waals surface area contributed by atoms with Crippen LogP contribution in [0.4, 0.5) is 0 Å². The quantitative estimate of drug-likeness (QED) is 0.715. The van der Waals surface area contributed by atoms with Crippen molar-refractivity contribution in [3.8, 4) is 17.2 Å². The van der Waals surface area contributed by atoms with Crippen molar-refractivity contribution in [2.75, 3.05) is 13.7 Å². The van der Waals surface area contributed by atoms with Crippen molar-refractivity contribution in [3.63, 3.8) is 0 Å². The fourth-order valence-corrected chi connectivity index (χ4v) is 2.47. The van der Waals surface area contributed by atoms with E-state index >= 15 is 0 Å². The summed E-state index contributed by atoms with van der Waals surface area (Å²) in [5.74, 6) is 1.78. The highest BCUT2D eigenvalue weighted by Crippen LogP contribution is 2.25. The van der Waals surface area contributed by atoms with E-state index in [1.54, 1.807) is 19.2 Å². The smallest absolute Gasteiger partial charge is 0.261 e. The van der Waals surface area contributed by atoms with E-state index in [0.717, 1.165) is 5.75 Å². The SMILES string of the molecule is CC[C@H](Oc1ccccc1Cl)C(=O)N[C@H](C)COc1ccc(OC)cc1. The molecule has 0 fully saturated rings. The molecule has 0 unspecified atom stereocenters. The van der Waals surface area contributed by atoms with Crippen molar-refractivity contribution in [1.29, 1.82) is 0 Å². The van der Waals surface area contributed by atoms with Crippen LogP contribution >= 0.6 is 11.6 Å². The molecule has 2 atom stereocenters. The molecule has 5 nitrogen and oxygen atoms in total. The summed E-state index contributed by atoms with van der Waals surface area (Å²) >= 11 is 6.09. The fourth-order valence-electron chi connectivity index (χ4n) is 2.29. The number of rotatable bonds is 9. The molecular formula is C20H24ClNO4. The minimum Gasteiger partial charge on any atom is -0.497 e. The highest BCUT2D eigenvalue weighted by molar-refractivity contribution is 6.32. The molecule has 0 radical (unpaired) electrons. The van der Waals surface area contributed by atoms with Crippen LogP contribution in [0.3, 0.4) is 0 Å². The van der Waals surface area contributed by atoms with Crippen LogP contribution in [0.5, 0.6) is 17.2 Å². The predicted octanol–water partition coefficient (Wildman–Crippen LogP) is 4.09. The first-order valence-electron chi connectivity index (χ1n) is 8.52. The van der Waals surface area contributed by atoms with Crippen molar-refractivity contribution in [3.05, 3.63) is 53.6 Å². The monoisotopic (exact) mass is 377 g/mol. The second kappa shape index (κ2) is 9.92. The first kappa shape index (κ1) is 19.9. The van der Waals surface area contributed by atoms with Gasteiger partial charge in [-0.3, -0.25) is 4.79 Å². The molecule has 2 rings (SSSR count). The van der Waals surface area contributed by atoms with E-state index in [0.29, 0.717) is 29.5 Å². The number of ether oxygens (including phenoxy) is 3. The van der Waals surface area contributed by atoms with Gasteiger partial charge in [-0.15, -0.1) is 0 Å². The molecular weight excluding hydrogens is 354 g/mol. The van der Waals surface area contributed by atoms with Gasteiger partial charge in [-0.1, -0.05) is 30.7 Å². The summed E-state index contributed by atoms with van der Waals surface area (Å²) in [4.78, 5) is 12.4. The molecule has 0 saturated heterocycles. The summed E-state index contributed by atoms with van der Waals surface area (Å²) in [7, 11) is 1.61. The Bertz CT molecular complexity index is 705. The Hall–Kier alpha value is -2.40. The summed E-state index contributed by atoms with van der Waals surface area (Å²) in [6, 6.07) is 14.2. The van der Waals surface area contributed by atoms with Crippen molar-refractivity contribution >= 4 is 17.5 Å². The number of carbonyl (C=O) groups excluding carboxylic acids is 1. The molecule has 1 N–H and O–H groups in total. The number of hydrogen-bond donors (Lipinski definition) is 1. The molecule has 0 bridgehead atoms. The maximum atomic E-state index is 12.4. The number of benzene rings is 2. The van der Waals surface area contributed by atoms with Crippen LogP contribution in [0.2, 0.25) is 5.02 Å². The van der Waals surface area contributed by atoms with Crippen LogP contribution in [0, 0.1) is 0 Å². The molecule has 1 amide bonds. The topological polar surface area (TPSA) is 56.8 Å². The molecule has 0 aliphatic carbocycles. The van der Waals surface area contributed by atoms with Gasteiger partial charge in [0.1, 0.15) is 23.9 Å². The molecule has 0 aliphatic rings. The molecule has 0 aromatic heterocycles. The van der Waals surface area contributed by atoms with Crippen LogP contribution in [0.15, 0.2) is 48.5 Å². The van der Waals surface area contributed by atoms with Gasteiger partial charge in [-0.2, -0.15) is 0 Å². The van der Waals surface area contributed by atoms with E-state index in [-0.39, 0.29) is 11.9 Å². The number of nitrogens with one attached hydrogen (secondary N) is 1. The van der Waals surface area contributed by atoms with Crippen LogP contribution in [0.1, 0.15) is 20.3 Å². The molecule has 0 saturated carbocycles. The third kappa shape index (κ3) is 5.85. The Morgan fingerprint density at radius 1 is 1.12 bits per heavy atom. The van der Waals surface area contributed by atoms with E-state index < -0.39 is 6.10 Å². The van der Waals surface area contributed by atoms with Gasteiger partial charge in [0, 0.05) is 0 Å². The molecule has 2 aromatic rings. The zero-order valence-electron chi connectivity index (χ0n) is 15.2. The zero-order valence-corrected chi connectivity index (χ0v) is 16.0. The van der Waals surface area contributed by atoms with E-state index in [4.69, 9.17) is 25.8 Å². The maximum Gasteiger partial charge on any atom is 0.261 e. The molecule has 6 heteroatoms. The third-order valence-electron chi connectivity index (χ3n) is 3.72. The maximum absolute atomic E-state index is 12.4.